The highest BCUT2D eigenvalue weighted by Crippen LogP contribution is 2.28. The first-order valence-corrected chi connectivity index (χ1v) is 3.92. The Balaban J connectivity index is 3.25. The van der Waals surface area contributed by atoms with Crippen molar-refractivity contribution >= 4 is 23.2 Å². The molecule has 0 saturated carbocycles. The fourth-order valence-corrected chi connectivity index (χ4v) is 1.04. The number of anilines is 1. The minimum Gasteiger partial charge on any atom is -0.325 e. The molecule has 0 atom stereocenters. The third-order valence-corrected chi connectivity index (χ3v) is 1.78. The van der Waals surface area contributed by atoms with Crippen LogP contribution in [0.15, 0.2) is 6.07 Å². The smallest absolute Gasteiger partial charge is 0.221 e. The van der Waals surface area contributed by atoms with Crippen molar-refractivity contribution < 1.29 is 18.0 Å². The van der Waals surface area contributed by atoms with Crippen molar-refractivity contribution in [1.29, 1.82) is 0 Å². The molecule has 0 unspecified atom stereocenters. The van der Waals surface area contributed by atoms with Crippen molar-refractivity contribution in [3.05, 3.63) is 28.5 Å². The van der Waals surface area contributed by atoms with Crippen LogP contribution in [0.1, 0.15) is 6.92 Å². The molecule has 14 heavy (non-hydrogen) atoms. The number of carbonyl (C=O) groups excluding carboxylic acids is 1. The maximum absolute atomic E-state index is 12.8. The van der Waals surface area contributed by atoms with Gasteiger partial charge in [0.1, 0.15) is 5.02 Å². The number of nitrogens with one attached hydrogen (secondary N) is 1. The average Bonchev–Trinajstić information content (AvgIpc) is 2.10. The number of benzene rings is 1. The maximum Gasteiger partial charge on any atom is 0.221 e. The molecule has 0 aliphatic rings. The second kappa shape index (κ2) is 3.88. The first-order valence-electron chi connectivity index (χ1n) is 3.54. The molecule has 0 aromatic heterocycles. The van der Waals surface area contributed by atoms with E-state index >= 15 is 0 Å². The molecule has 1 rings (SSSR count). The van der Waals surface area contributed by atoms with Crippen LogP contribution in [0.4, 0.5) is 18.9 Å². The Morgan fingerprint density at radius 1 is 1.36 bits per heavy atom. The Morgan fingerprint density at radius 2 is 1.93 bits per heavy atom. The Bertz CT molecular complexity index is 395. The molecular formula is C8H5ClF3NO. The molecule has 0 heterocycles. The van der Waals surface area contributed by atoms with Gasteiger partial charge in [-0.3, -0.25) is 4.79 Å². The fraction of sp³-hybridized carbons (Fsp3) is 0.125. The Morgan fingerprint density at radius 3 is 2.43 bits per heavy atom. The summed E-state index contributed by atoms with van der Waals surface area (Å²) < 4.78 is 38.0. The van der Waals surface area contributed by atoms with Crippen LogP contribution in [0.2, 0.25) is 5.02 Å². The average molecular weight is 224 g/mol. The largest absolute Gasteiger partial charge is 0.325 e. The van der Waals surface area contributed by atoms with Gasteiger partial charge in [-0.1, -0.05) is 11.6 Å². The van der Waals surface area contributed by atoms with Crippen LogP contribution in [0.3, 0.4) is 0 Å². The molecule has 76 valence electrons. The van der Waals surface area contributed by atoms with Crippen LogP contribution in [0.5, 0.6) is 0 Å². The number of amides is 1. The standard InChI is InChI=1S/C8H5ClF3NO/c1-3(14)13-5-2-4(10)7(11)8(12)6(5)9/h2H,1H3,(H,13,14). The summed E-state index contributed by atoms with van der Waals surface area (Å²) >= 11 is 5.32. The second-order valence-corrected chi connectivity index (χ2v) is 2.91. The van der Waals surface area contributed by atoms with E-state index in [1.165, 1.54) is 0 Å². The van der Waals surface area contributed by atoms with Gasteiger partial charge >= 0.3 is 0 Å². The number of hydrogen-bond acceptors (Lipinski definition) is 1. The molecular weight excluding hydrogens is 219 g/mol. The summed E-state index contributed by atoms with van der Waals surface area (Å²) in [5.41, 5.74) is -0.296. The van der Waals surface area contributed by atoms with E-state index in [0.717, 1.165) is 6.92 Å². The minimum atomic E-state index is -1.66. The molecule has 0 aliphatic heterocycles. The normalized spacial score (nSPS) is 10.1. The van der Waals surface area contributed by atoms with Crippen LogP contribution in [-0.4, -0.2) is 5.91 Å². The molecule has 2 nitrogen and oxygen atoms in total. The summed E-state index contributed by atoms with van der Waals surface area (Å²) in [6.45, 7) is 1.13. The van der Waals surface area contributed by atoms with Crippen molar-refractivity contribution in [2.24, 2.45) is 0 Å². The highest BCUT2D eigenvalue weighted by molar-refractivity contribution is 6.33. The zero-order valence-corrected chi connectivity index (χ0v) is 7.75. The summed E-state index contributed by atoms with van der Waals surface area (Å²) in [6, 6.07) is 0.613. The molecule has 0 radical (unpaired) electrons. The lowest BCUT2D eigenvalue weighted by Crippen LogP contribution is -2.08. The van der Waals surface area contributed by atoms with E-state index in [9.17, 15) is 18.0 Å². The molecule has 0 spiro atoms. The fourth-order valence-electron chi connectivity index (χ4n) is 0.853. The molecule has 0 bridgehead atoms. The van der Waals surface area contributed by atoms with Crippen LogP contribution in [0.25, 0.3) is 0 Å². The van der Waals surface area contributed by atoms with E-state index < -0.39 is 28.4 Å². The van der Waals surface area contributed by atoms with Crippen LogP contribution >= 0.6 is 11.6 Å². The first-order chi connectivity index (χ1) is 6.43. The van der Waals surface area contributed by atoms with Crippen molar-refractivity contribution in [1.82, 2.24) is 0 Å². The minimum absolute atomic E-state index is 0.296. The Labute approximate surface area is 82.7 Å². The second-order valence-electron chi connectivity index (χ2n) is 2.53. The van der Waals surface area contributed by atoms with Crippen molar-refractivity contribution in [3.63, 3.8) is 0 Å². The van der Waals surface area contributed by atoms with Gasteiger partial charge in [-0.2, -0.15) is 0 Å². The first kappa shape index (κ1) is 10.8. The maximum atomic E-state index is 12.8. The molecule has 1 amide bonds. The van der Waals surface area contributed by atoms with Gasteiger partial charge in [0.2, 0.25) is 5.91 Å². The van der Waals surface area contributed by atoms with Gasteiger partial charge in [0.05, 0.1) is 5.69 Å². The van der Waals surface area contributed by atoms with E-state index in [1.807, 2.05) is 0 Å². The summed E-state index contributed by atoms with van der Waals surface area (Å²) in [7, 11) is 0. The van der Waals surface area contributed by atoms with Gasteiger partial charge < -0.3 is 5.32 Å². The highest BCUT2D eigenvalue weighted by Gasteiger charge is 2.17. The Hall–Kier alpha value is -1.23. The van der Waals surface area contributed by atoms with Crippen LogP contribution in [-0.2, 0) is 4.79 Å². The summed E-state index contributed by atoms with van der Waals surface area (Å²) in [4.78, 5) is 10.6. The van der Waals surface area contributed by atoms with Gasteiger partial charge in [-0.25, -0.2) is 13.2 Å². The molecule has 0 aliphatic carbocycles. The van der Waals surface area contributed by atoms with E-state index in [2.05, 4.69) is 5.32 Å². The van der Waals surface area contributed by atoms with Crippen LogP contribution < -0.4 is 5.32 Å². The van der Waals surface area contributed by atoms with Gasteiger partial charge in [0.25, 0.3) is 0 Å². The third kappa shape index (κ3) is 1.98. The number of halogens is 4. The van der Waals surface area contributed by atoms with E-state index in [-0.39, 0.29) is 5.69 Å². The van der Waals surface area contributed by atoms with Crippen molar-refractivity contribution in [2.45, 2.75) is 6.92 Å². The lowest BCUT2D eigenvalue weighted by Gasteiger charge is -2.06. The van der Waals surface area contributed by atoms with Gasteiger partial charge in [0.15, 0.2) is 17.5 Å². The van der Waals surface area contributed by atoms with Crippen molar-refractivity contribution in [2.75, 3.05) is 5.32 Å². The van der Waals surface area contributed by atoms with Crippen molar-refractivity contribution in [3.8, 4) is 0 Å². The number of hydrogen-bond donors (Lipinski definition) is 1. The topological polar surface area (TPSA) is 29.1 Å². The third-order valence-electron chi connectivity index (χ3n) is 1.41. The van der Waals surface area contributed by atoms with Gasteiger partial charge in [0, 0.05) is 13.0 Å². The molecule has 0 saturated heterocycles. The molecule has 6 heteroatoms. The molecule has 1 N–H and O–H groups in total. The van der Waals surface area contributed by atoms with Gasteiger partial charge in [-0.15, -0.1) is 0 Å². The lowest BCUT2D eigenvalue weighted by atomic mass is 10.3. The van der Waals surface area contributed by atoms with E-state index in [4.69, 9.17) is 11.6 Å². The monoisotopic (exact) mass is 223 g/mol. The number of carbonyl (C=O) groups is 1. The quantitative estimate of drug-likeness (QED) is 0.576. The molecule has 1 aromatic rings. The predicted octanol–water partition coefficient (Wildman–Crippen LogP) is 2.72. The summed E-state index contributed by atoms with van der Waals surface area (Å²) in [5.74, 6) is -5.15. The Kier molecular flexibility index (Phi) is 3.00. The van der Waals surface area contributed by atoms with Crippen LogP contribution in [0, 0.1) is 17.5 Å². The summed E-state index contributed by atoms with van der Waals surface area (Å²) in [5, 5.41) is 1.41. The summed E-state index contributed by atoms with van der Waals surface area (Å²) in [6.07, 6.45) is 0. The van der Waals surface area contributed by atoms with E-state index in [1.54, 1.807) is 0 Å². The van der Waals surface area contributed by atoms with E-state index in [0.29, 0.717) is 6.07 Å². The lowest BCUT2D eigenvalue weighted by molar-refractivity contribution is -0.114. The highest BCUT2D eigenvalue weighted by atomic mass is 35.5. The molecule has 0 fully saturated rings. The molecule has 1 aromatic carbocycles. The zero-order chi connectivity index (χ0) is 10.9. The number of rotatable bonds is 1. The SMILES string of the molecule is CC(=O)Nc1cc(F)c(F)c(F)c1Cl. The zero-order valence-electron chi connectivity index (χ0n) is 7.00. The predicted molar refractivity (Wildman–Crippen MR) is 45.6 cm³/mol. The van der Waals surface area contributed by atoms with Gasteiger partial charge in [-0.05, 0) is 0 Å².